The predicted octanol–water partition coefficient (Wildman–Crippen LogP) is -0.0499. The van der Waals surface area contributed by atoms with Gasteiger partial charge >= 0.3 is 0 Å². The molecule has 2 aliphatic rings. The molecule has 0 aromatic carbocycles. The van der Waals surface area contributed by atoms with Gasteiger partial charge in [0.15, 0.2) is 5.17 Å². The number of aliphatic hydroxyl groups excluding tert-OH is 3. The van der Waals surface area contributed by atoms with Gasteiger partial charge in [-0.25, -0.2) is 0 Å². The summed E-state index contributed by atoms with van der Waals surface area (Å²) in [7, 11) is 0. The van der Waals surface area contributed by atoms with Crippen LogP contribution in [-0.4, -0.2) is 57.1 Å². The van der Waals surface area contributed by atoms with Gasteiger partial charge < -0.3 is 20.6 Å². The normalized spacial score (nSPS) is 41.8. The number of unbranched alkanes of at least 4 members (excludes halogenated alkanes) is 1. The van der Waals surface area contributed by atoms with Crippen LogP contribution in [0.4, 0.5) is 0 Å². The molecule has 0 radical (unpaired) electrons. The molecule has 1 saturated heterocycles. The third-order valence-corrected chi connectivity index (χ3v) is 4.95. The predicted molar refractivity (Wildman–Crippen MR) is 72.7 cm³/mol. The van der Waals surface area contributed by atoms with Crippen molar-refractivity contribution in [3.8, 4) is 0 Å². The van der Waals surface area contributed by atoms with Crippen molar-refractivity contribution in [1.82, 2.24) is 5.32 Å². The third-order valence-electron chi connectivity index (χ3n) is 3.69. The van der Waals surface area contributed by atoms with Crippen molar-refractivity contribution >= 4 is 16.9 Å². The Hall–Kier alpha value is -0.300. The highest BCUT2D eigenvalue weighted by Gasteiger charge is 2.47. The summed E-state index contributed by atoms with van der Waals surface area (Å²) in [5.74, 6) is -0.231. The lowest BCUT2D eigenvalue weighted by molar-refractivity contribution is -0.0680. The molecule has 0 aromatic heterocycles. The van der Waals surface area contributed by atoms with Gasteiger partial charge in [0.25, 0.3) is 0 Å². The van der Waals surface area contributed by atoms with E-state index in [1.54, 1.807) is 11.8 Å². The Bertz CT molecular complexity index is 314. The van der Waals surface area contributed by atoms with Crippen LogP contribution in [0.15, 0.2) is 4.99 Å². The second-order valence-electron chi connectivity index (χ2n) is 5.03. The minimum absolute atomic E-state index is 0.0791. The average Bonchev–Trinajstić information content (AvgIpc) is 2.77. The average molecular weight is 274 g/mol. The van der Waals surface area contributed by atoms with Crippen molar-refractivity contribution in [1.29, 1.82) is 0 Å². The highest BCUT2D eigenvalue weighted by molar-refractivity contribution is 8.14. The molecule has 18 heavy (non-hydrogen) atoms. The highest BCUT2D eigenvalue weighted by Crippen LogP contribution is 2.37. The van der Waals surface area contributed by atoms with E-state index in [9.17, 15) is 15.3 Å². The molecule has 0 spiro atoms. The first kappa shape index (κ1) is 14.1. The van der Waals surface area contributed by atoms with E-state index in [0.717, 1.165) is 24.6 Å². The summed E-state index contributed by atoms with van der Waals surface area (Å²) >= 11 is 1.63. The summed E-state index contributed by atoms with van der Waals surface area (Å²) in [4.78, 5) is 4.46. The molecular formula is C12H22N2O3S. The van der Waals surface area contributed by atoms with Crippen LogP contribution in [0.5, 0.6) is 0 Å². The Kier molecular flexibility index (Phi) is 4.89. The molecule has 5 unspecified atom stereocenters. The minimum atomic E-state index is -0.848. The van der Waals surface area contributed by atoms with Crippen LogP contribution < -0.4 is 5.32 Å². The molecule has 5 nitrogen and oxygen atoms in total. The summed E-state index contributed by atoms with van der Waals surface area (Å²) in [5.41, 5.74) is 0. The number of nitrogens with zero attached hydrogens (tertiary/aromatic N) is 1. The van der Waals surface area contributed by atoms with E-state index in [0.29, 0.717) is 6.42 Å². The molecule has 2 rings (SSSR count). The number of amidine groups is 1. The number of nitrogens with one attached hydrogen (secondary N) is 1. The smallest absolute Gasteiger partial charge is 0.157 e. The maximum atomic E-state index is 10.0. The van der Waals surface area contributed by atoms with E-state index < -0.39 is 12.2 Å². The van der Waals surface area contributed by atoms with E-state index in [2.05, 4.69) is 17.2 Å². The second kappa shape index (κ2) is 6.23. The lowest BCUT2D eigenvalue weighted by atomic mass is 9.81. The Morgan fingerprint density at radius 2 is 2.17 bits per heavy atom. The summed E-state index contributed by atoms with van der Waals surface area (Å²) in [6, 6.07) is -0.145. The Morgan fingerprint density at radius 1 is 1.39 bits per heavy atom. The first-order chi connectivity index (χ1) is 8.67. The van der Waals surface area contributed by atoms with Crippen LogP contribution in [0.2, 0.25) is 0 Å². The summed E-state index contributed by atoms with van der Waals surface area (Å²) < 4.78 is 0. The van der Waals surface area contributed by atoms with Crippen LogP contribution in [0.25, 0.3) is 0 Å². The summed E-state index contributed by atoms with van der Waals surface area (Å²) in [6.07, 6.45) is 1.21. The van der Waals surface area contributed by atoms with Gasteiger partial charge in [-0.2, -0.15) is 0 Å². The molecule has 0 aromatic rings. The second-order valence-corrected chi connectivity index (χ2v) is 6.25. The van der Waals surface area contributed by atoms with Crippen molar-refractivity contribution in [2.24, 2.45) is 10.9 Å². The fourth-order valence-electron chi connectivity index (χ4n) is 2.52. The number of aliphatic imine (C=N–C) groups is 1. The standard InChI is InChI=1S/C12H22N2O3S/c1-2-3-4-13-12-14-9-8(18-12)5-7(6-15)10(16)11(9)17/h7-11,15-17H,2-6H2,1H3,(H,13,14). The molecule has 104 valence electrons. The number of hydrogen-bond donors (Lipinski definition) is 4. The lowest BCUT2D eigenvalue weighted by Crippen LogP contribution is -2.56. The maximum absolute atomic E-state index is 10.0. The Balaban J connectivity index is 1.98. The van der Waals surface area contributed by atoms with Crippen molar-refractivity contribution in [2.75, 3.05) is 13.2 Å². The molecule has 0 amide bonds. The summed E-state index contributed by atoms with van der Waals surface area (Å²) in [5, 5.41) is 33.4. The van der Waals surface area contributed by atoms with Crippen LogP contribution in [-0.2, 0) is 0 Å². The summed E-state index contributed by atoms with van der Waals surface area (Å²) in [6.45, 7) is 2.85. The lowest BCUT2D eigenvalue weighted by Gasteiger charge is -2.37. The van der Waals surface area contributed by atoms with E-state index >= 15 is 0 Å². The van der Waals surface area contributed by atoms with Gasteiger partial charge in [0.2, 0.25) is 0 Å². The number of fused-ring (bicyclic) bond motifs is 1. The number of thioether (sulfide) groups is 1. The van der Waals surface area contributed by atoms with E-state index in [-0.39, 0.29) is 23.8 Å². The number of hydrogen-bond acceptors (Lipinski definition) is 5. The molecule has 6 heteroatoms. The third kappa shape index (κ3) is 2.82. The van der Waals surface area contributed by atoms with Gasteiger partial charge in [-0.3, -0.25) is 4.99 Å². The molecule has 4 N–H and O–H groups in total. The van der Waals surface area contributed by atoms with Crippen LogP contribution in [0, 0.1) is 5.92 Å². The first-order valence-electron chi connectivity index (χ1n) is 6.62. The monoisotopic (exact) mass is 274 g/mol. The van der Waals surface area contributed by atoms with Gasteiger partial charge in [0, 0.05) is 24.3 Å². The van der Waals surface area contributed by atoms with Crippen LogP contribution in [0.1, 0.15) is 26.2 Å². The topological polar surface area (TPSA) is 85.1 Å². The van der Waals surface area contributed by atoms with E-state index in [1.165, 1.54) is 0 Å². The van der Waals surface area contributed by atoms with E-state index in [1.807, 2.05) is 0 Å². The zero-order valence-electron chi connectivity index (χ0n) is 10.6. The highest BCUT2D eigenvalue weighted by atomic mass is 32.2. The van der Waals surface area contributed by atoms with Crippen molar-refractivity contribution in [3.63, 3.8) is 0 Å². The molecule has 1 saturated carbocycles. The van der Waals surface area contributed by atoms with Gasteiger partial charge in [-0.1, -0.05) is 25.1 Å². The molecule has 5 atom stereocenters. The van der Waals surface area contributed by atoms with Gasteiger partial charge in [-0.15, -0.1) is 0 Å². The van der Waals surface area contributed by atoms with E-state index in [4.69, 9.17) is 0 Å². The van der Waals surface area contributed by atoms with Gasteiger partial charge in [-0.05, 0) is 12.8 Å². The van der Waals surface area contributed by atoms with Crippen molar-refractivity contribution in [3.05, 3.63) is 0 Å². The molecule has 0 bridgehead atoms. The number of rotatable bonds is 4. The van der Waals surface area contributed by atoms with Gasteiger partial charge in [0.05, 0.1) is 12.1 Å². The largest absolute Gasteiger partial charge is 0.396 e. The van der Waals surface area contributed by atoms with Crippen LogP contribution >= 0.6 is 11.8 Å². The molecule has 1 heterocycles. The van der Waals surface area contributed by atoms with Gasteiger partial charge in [0.1, 0.15) is 6.10 Å². The molecule has 1 aliphatic heterocycles. The maximum Gasteiger partial charge on any atom is 0.157 e. The Morgan fingerprint density at radius 3 is 2.83 bits per heavy atom. The molecule has 1 aliphatic carbocycles. The minimum Gasteiger partial charge on any atom is -0.396 e. The number of aliphatic hydroxyl groups is 3. The molecule has 2 fully saturated rings. The first-order valence-corrected chi connectivity index (χ1v) is 7.50. The van der Waals surface area contributed by atoms with Crippen LogP contribution in [0.3, 0.4) is 0 Å². The van der Waals surface area contributed by atoms with Crippen molar-refractivity contribution in [2.45, 2.75) is 49.7 Å². The zero-order valence-corrected chi connectivity index (χ0v) is 11.4. The quantitative estimate of drug-likeness (QED) is 0.540. The zero-order chi connectivity index (χ0) is 13.1. The fraction of sp³-hybridized carbons (Fsp3) is 0.917. The SMILES string of the molecule is CCCCN=C1NC2C(CC(CO)C(O)C2O)S1. The molecular weight excluding hydrogens is 252 g/mol. The van der Waals surface area contributed by atoms with Crippen molar-refractivity contribution < 1.29 is 15.3 Å². The fourth-order valence-corrected chi connectivity index (χ4v) is 3.90. The Labute approximate surface area is 112 Å².